The smallest absolute Gasteiger partial charge is 0.261 e. The van der Waals surface area contributed by atoms with E-state index in [0.717, 1.165) is 6.54 Å². The number of nitrogens with one attached hydrogen (secondary N) is 2. The lowest BCUT2D eigenvalue weighted by atomic mass is 10.2. The van der Waals surface area contributed by atoms with Crippen LogP contribution in [0.2, 0.25) is 5.02 Å². The highest BCUT2D eigenvalue weighted by atomic mass is 35.5. The first-order valence-electron chi connectivity index (χ1n) is 6.02. The number of rotatable bonds is 7. The Kier molecular flexibility index (Phi) is 6.54. The molecule has 2 N–H and O–H groups in total. The normalized spacial score (nSPS) is 11.9. The lowest BCUT2D eigenvalue weighted by Gasteiger charge is -2.17. The summed E-state index contributed by atoms with van der Waals surface area (Å²) in [7, 11) is 1.84. The van der Waals surface area contributed by atoms with Crippen LogP contribution in [0.15, 0.2) is 24.3 Å². The molecule has 0 bridgehead atoms. The highest BCUT2D eigenvalue weighted by Gasteiger charge is 2.18. The molecule has 0 heterocycles. The van der Waals surface area contributed by atoms with Crippen molar-refractivity contribution < 1.29 is 9.53 Å². The number of carbonyl (C=O) groups excluding carboxylic acids is 1. The van der Waals surface area contributed by atoms with E-state index in [2.05, 4.69) is 10.6 Å². The molecular weight excluding hydrogens is 252 g/mol. The minimum absolute atomic E-state index is 0.118. The molecule has 1 unspecified atom stereocenters. The van der Waals surface area contributed by atoms with E-state index >= 15 is 0 Å². The largest absolute Gasteiger partial charge is 0.479 e. The minimum atomic E-state index is -0.512. The maximum Gasteiger partial charge on any atom is 0.261 e. The van der Waals surface area contributed by atoms with Crippen LogP contribution in [0.1, 0.15) is 13.3 Å². The van der Waals surface area contributed by atoms with Crippen molar-refractivity contribution >= 4 is 17.5 Å². The molecule has 0 radical (unpaired) electrons. The Hall–Kier alpha value is -1.26. The molecule has 5 heteroatoms. The fraction of sp³-hybridized carbons (Fsp3) is 0.462. The van der Waals surface area contributed by atoms with Gasteiger partial charge in [-0.2, -0.15) is 0 Å². The molecule has 1 aromatic rings. The van der Waals surface area contributed by atoms with Gasteiger partial charge in [-0.3, -0.25) is 4.79 Å². The van der Waals surface area contributed by atoms with E-state index in [4.69, 9.17) is 16.3 Å². The summed E-state index contributed by atoms with van der Waals surface area (Å²) in [6, 6.07) is 7.14. The monoisotopic (exact) mass is 270 g/mol. The number of benzene rings is 1. The summed E-state index contributed by atoms with van der Waals surface area (Å²) in [6.45, 7) is 3.21. The lowest BCUT2D eigenvalue weighted by Crippen LogP contribution is -2.40. The summed E-state index contributed by atoms with van der Waals surface area (Å²) in [5.41, 5.74) is 0. The summed E-state index contributed by atoms with van der Waals surface area (Å²) in [6.07, 6.45) is 0.0816. The third-order valence-electron chi connectivity index (χ3n) is 2.44. The number of para-hydroxylation sites is 1. The van der Waals surface area contributed by atoms with Gasteiger partial charge in [-0.25, -0.2) is 0 Å². The maximum atomic E-state index is 11.9. The maximum absolute atomic E-state index is 11.9. The van der Waals surface area contributed by atoms with E-state index in [-0.39, 0.29) is 5.91 Å². The zero-order chi connectivity index (χ0) is 13.4. The Morgan fingerprint density at radius 3 is 2.72 bits per heavy atom. The number of likely N-dealkylation sites (N-methyl/N-ethyl adjacent to an activating group) is 1. The van der Waals surface area contributed by atoms with E-state index < -0.39 is 6.10 Å². The van der Waals surface area contributed by atoms with Gasteiger partial charge in [-0.15, -0.1) is 0 Å². The van der Waals surface area contributed by atoms with Gasteiger partial charge in [0.2, 0.25) is 0 Å². The molecule has 0 aliphatic rings. The Morgan fingerprint density at radius 2 is 2.11 bits per heavy atom. The SMILES string of the molecule is CCC(Oc1ccccc1Cl)C(=O)NCCNC. The second kappa shape index (κ2) is 7.95. The first-order chi connectivity index (χ1) is 8.69. The number of ether oxygens (including phenoxy) is 1. The number of amides is 1. The second-order valence-electron chi connectivity index (χ2n) is 3.84. The highest BCUT2D eigenvalue weighted by molar-refractivity contribution is 6.32. The molecule has 0 fully saturated rings. The van der Waals surface area contributed by atoms with Crippen LogP contribution in [0.4, 0.5) is 0 Å². The third kappa shape index (κ3) is 4.55. The molecule has 18 heavy (non-hydrogen) atoms. The summed E-state index contributed by atoms with van der Waals surface area (Å²) in [4.78, 5) is 11.9. The predicted molar refractivity (Wildman–Crippen MR) is 73.1 cm³/mol. The first-order valence-corrected chi connectivity index (χ1v) is 6.40. The van der Waals surface area contributed by atoms with Gasteiger partial charge < -0.3 is 15.4 Å². The van der Waals surface area contributed by atoms with Gasteiger partial charge in [-0.05, 0) is 25.6 Å². The van der Waals surface area contributed by atoms with Crippen LogP contribution >= 0.6 is 11.6 Å². The highest BCUT2D eigenvalue weighted by Crippen LogP contribution is 2.24. The van der Waals surface area contributed by atoms with Gasteiger partial charge in [0.15, 0.2) is 6.10 Å². The second-order valence-corrected chi connectivity index (χ2v) is 4.25. The van der Waals surface area contributed by atoms with Crippen molar-refractivity contribution in [3.8, 4) is 5.75 Å². The summed E-state index contributed by atoms with van der Waals surface area (Å²) in [5.74, 6) is 0.419. The van der Waals surface area contributed by atoms with Crippen LogP contribution in [-0.2, 0) is 4.79 Å². The van der Waals surface area contributed by atoms with Crippen molar-refractivity contribution in [3.63, 3.8) is 0 Å². The number of halogens is 1. The molecule has 0 spiro atoms. The Balaban J connectivity index is 2.56. The summed E-state index contributed by atoms with van der Waals surface area (Å²) in [5, 5.41) is 6.28. The molecule has 100 valence electrons. The molecule has 0 aliphatic carbocycles. The zero-order valence-electron chi connectivity index (χ0n) is 10.7. The predicted octanol–water partition coefficient (Wildman–Crippen LogP) is 1.83. The van der Waals surface area contributed by atoms with E-state index in [0.29, 0.717) is 23.7 Å². The first kappa shape index (κ1) is 14.8. The van der Waals surface area contributed by atoms with E-state index in [1.54, 1.807) is 12.1 Å². The van der Waals surface area contributed by atoms with E-state index in [1.807, 2.05) is 26.1 Å². The van der Waals surface area contributed by atoms with E-state index in [1.165, 1.54) is 0 Å². The van der Waals surface area contributed by atoms with Gasteiger partial charge in [0, 0.05) is 13.1 Å². The van der Waals surface area contributed by atoms with Crippen molar-refractivity contribution in [3.05, 3.63) is 29.3 Å². The lowest BCUT2D eigenvalue weighted by molar-refractivity contribution is -0.128. The fourth-order valence-electron chi connectivity index (χ4n) is 1.44. The molecule has 0 aliphatic heterocycles. The molecule has 1 aromatic carbocycles. The molecule has 1 atom stereocenters. The van der Waals surface area contributed by atoms with Crippen molar-refractivity contribution in [2.24, 2.45) is 0 Å². The Bertz CT molecular complexity index is 385. The molecule has 0 aromatic heterocycles. The molecule has 4 nitrogen and oxygen atoms in total. The van der Waals surface area contributed by atoms with Crippen LogP contribution in [-0.4, -0.2) is 32.1 Å². The van der Waals surface area contributed by atoms with Gasteiger partial charge >= 0.3 is 0 Å². The molecule has 0 saturated heterocycles. The Labute approximate surface area is 113 Å². The molecule has 1 rings (SSSR count). The van der Waals surface area contributed by atoms with Crippen LogP contribution in [0.3, 0.4) is 0 Å². The summed E-state index contributed by atoms with van der Waals surface area (Å²) < 4.78 is 5.62. The van der Waals surface area contributed by atoms with Crippen LogP contribution in [0, 0.1) is 0 Å². The quantitative estimate of drug-likeness (QED) is 0.744. The van der Waals surface area contributed by atoms with Crippen molar-refractivity contribution in [2.75, 3.05) is 20.1 Å². The minimum Gasteiger partial charge on any atom is -0.479 e. The van der Waals surface area contributed by atoms with Gasteiger partial charge in [0.25, 0.3) is 5.91 Å². The topological polar surface area (TPSA) is 50.4 Å². The van der Waals surface area contributed by atoms with Crippen molar-refractivity contribution in [1.82, 2.24) is 10.6 Å². The molecular formula is C13H19ClN2O2. The van der Waals surface area contributed by atoms with Gasteiger partial charge in [-0.1, -0.05) is 30.7 Å². The average Bonchev–Trinajstić information content (AvgIpc) is 2.38. The third-order valence-corrected chi connectivity index (χ3v) is 2.76. The van der Waals surface area contributed by atoms with Crippen LogP contribution in [0.5, 0.6) is 5.75 Å². The van der Waals surface area contributed by atoms with Crippen LogP contribution in [0.25, 0.3) is 0 Å². The van der Waals surface area contributed by atoms with Crippen molar-refractivity contribution in [2.45, 2.75) is 19.4 Å². The number of hydrogen-bond donors (Lipinski definition) is 2. The van der Waals surface area contributed by atoms with Gasteiger partial charge in [0.05, 0.1) is 5.02 Å². The Morgan fingerprint density at radius 1 is 1.39 bits per heavy atom. The van der Waals surface area contributed by atoms with Crippen molar-refractivity contribution in [1.29, 1.82) is 0 Å². The standard InChI is InChI=1S/C13H19ClN2O2/c1-3-11(13(17)16-9-8-15-2)18-12-7-5-4-6-10(12)14/h4-7,11,15H,3,8-9H2,1-2H3,(H,16,17). The van der Waals surface area contributed by atoms with Crippen LogP contribution < -0.4 is 15.4 Å². The molecule has 0 saturated carbocycles. The molecule has 1 amide bonds. The summed E-state index contributed by atoms with van der Waals surface area (Å²) >= 11 is 5.99. The fourth-order valence-corrected chi connectivity index (χ4v) is 1.62. The van der Waals surface area contributed by atoms with E-state index in [9.17, 15) is 4.79 Å². The van der Waals surface area contributed by atoms with Gasteiger partial charge in [0.1, 0.15) is 5.75 Å². The zero-order valence-corrected chi connectivity index (χ0v) is 11.5. The number of carbonyl (C=O) groups is 1. The number of hydrogen-bond acceptors (Lipinski definition) is 3. The average molecular weight is 271 g/mol.